The summed E-state index contributed by atoms with van der Waals surface area (Å²) in [6.45, 7) is 2.66. The summed E-state index contributed by atoms with van der Waals surface area (Å²) in [6, 6.07) is 7.49. The zero-order chi connectivity index (χ0) is 20.9. The molecule has 2 fully saturated rings. The Morgan fingerprint density at radius 2 is 1.97 bits per heavy atom. The fraction of sp³-hybridized carbons (Fsp3) is 0.522. The topological polar surface area (TPSA) is 70.5 Å². The van der Waals surface area contributed by atoms with Crippen molar-refractivity contribution in [2.45, 2.75) is 37.1 Å². The molecule has 1 spiro atoms. The molecule has 2 amide bonds. The van der Waals surface area contributed by atoms with Gasteiger partial charge in [0.15, 0.2) is 0 Å². The smallest absolute Gasteiger partial charge is 0.237 e. The summed E-state index contributed by atoms with van der Waals surface area (Å²) in [5.74, 6) is 1.31. The van der Waals surface area contributed by atoms with Crippen molar-refractivity contribution < 1.29 is 9.59 Å². The van der Waals surface area contributed by atoms with Crippen LogP contribution in [0.5, 0.6) is 0 Å². The minimum absolute atomic E-state index is 0.0220. The van der Waals surface area contributed by atoms with Crippen molar-refractivity contribution in [3.63, 3.8) is 0 Å². The number of anilines is 1. The number of imidazole rings is 1. The van der Waals surface area contributed by atoms with Gasteiger partial charge in [0.25, 0.3) is 0 Å². The third-order valence-corrected chi connectivity index (χ3v) is 7.31. The number of para-hydroxylation sites is 1. The summed E-state index contributed by atoms with van der Waals surface area (Å²) < 4.78 is 1.95. The fourth-order valence-electron chi connectivity index (χ4n) is 5.59. The molecule has 3 aliphatic heterocycles. The molecule has 158 valence electrons. The molecule has 3 aliphatic rings. The lowest BCUT2D eigenvalue weighted by molar-refractivity contribution is -0.135. The average molecular weight is 408 g/mol. The molecule has 2 atom stereocenters. The summed E-state index contributed by atoms with van der Waals surface area (Å²) >= 11 is 0. The quantitative estimate of drug-likeness (QED) is 0.848. The van der Waals surface area contributed by atoms with E-state index in [9.17, 15) is 9.59 Å². The highest BCUT2D eigenvalue weighted by Crippen LogP contribution is 2.54. The zero-order valence-electron chi connectivity index (χ0n) is 17.7. The standard InChI is InChI=1S/C23H29N5O2/c1-26-11-7-16(8-12-26)15-19(29)28-13-9-23(20(28)21-24-10-14-27(21)2)17-5-3-4-6-18(17)25-22(23)30/h3-6,10,14,16,20H,7-9,11-13,15H2,1-2H3,(H,25,30)/t20-,23+/m0/s1. The van der Waals surface area contributed by atoms with Crippen LogP contribution in [0.2, 0.25) is 0 Å². The van der Waals surface area contributed by atoms with Gasteiger partial charge in [-0.15, -0.1) is 0 Å². The first-order chi connectivity index (χ1) is 14.5. The number of piperidine rings is 1. The predicted octanol–water partition coefficient (Wildman–Crippen LogP) is 2.32. The lowest BCUT2D eigenvalue weighted by atomic mass is 9.74. The summed E-state index contributed by atoms with van der Waals surface area (Å²) in [4.78, 5) is 35.7. The van der Waals surface area contributed by atoms with Gasteiger partial charge in [0, 0.05) is 38.1 Å². The Morgan fingerprint density at radius 3 is 2.70 bits per heavy atom. The van der Waals surface area contributed by atoms with Crippen LogP contribution >= 0.6 is 0 Å². The van der Waals surface area contributed by atoms with Crippen molar-refractivity contribution >= 4 is 17.5 Å². The van der Waals surface area contributed by atoms with Gasteiger partial charge in [-0.25, -0.2) is 4.98 Å². The van der Waals surface area contributed by atoms with E-state index in [1.165, 1.54) is 0 Å². The summed E-state index contributed by atoms with van der Waals surface area (Å²) in [6.07, 6.45) is 6.91. The zero-order valence-corrected chi connectivity index (χ0v) is 17.7. The average Bonchev–Trinajstić information content (AvgIpc) is 3.41. The molecule has 2 aromatic rings. The van der Waals surface area contributed by atoms with Crippen LogP contribution in [-0.4, -0.2) is 57.8 Å². The number of hydrogen-bond acceptors (Lipinski definition) is 4. The Balaban J connectivity index is 1.51. The van der Waals surface area contributed by atoms with Crippen molar-refractivity contribution in [2.75, 3.05) is 32.0 Å². The third kappa shape index (κ3) is 2.87. The van der Waals surface area contributed by atoms with Crippen LogP contribution in [0.15, 0.2) is 36.7 Å². The van der Waals surface area contributed by atoms with Crippen molar-refractivity contribution in [3.05, 3.63) is 48.0 Å². The van der Waals surface area contributed by atoms with E-state index in [4.69, 9.17) is 0 Å². The van der Waals surface area contributed by atoms with Gasteiger partial charge in [0.2, 0.25) is 11.8 Å². The first-order valence-electron chi connectivity index (χ1n) is 10.9. The Kier molecular flexibility index (Phi) is 4.65. The number of hydrogen-bond donors (Lipinski definition) is 1. The van der Waals surface area contributed by atoms with Crippen LogP contribution < -0.4 is 5.32 Å². The second kappa shape index (κ2) is 7.23. The summed E-state index contributed by atoms with van der Waals surface area (Å²) in [7, 11) is 4.07. The molecule has 4 heterocycles. The van der Waals surface area contributed by atoms with E-state index >= 15 is 0 Å². The van der Waals surface area contributed by atoms with Crippen molar-refractivity contribution in [1.82, 2.24) is 19.4 Å². The number of aryl methyl sites for hydroxylation is 1. The first-order valence-corrected chi connectivity index (χ1v) is 10.9. The minimum atomic E-state index is -0.780. The molecular formula is C23H29N5O2. The van der Waals surface area contributed by atoms with Gasteiger partial charge in [-0.3, -0.25) is 9.59 Å². The molecule has 1 N–H and O–H groups in total. The summed E-state index contributed by atoms with van der Waals surface area (Å²) in [5, 5.41) is 3.07. The maximum atomic E-state index is 13.5. The third-order valence-electron chi connectivity index (χ3n) is 7.31. The van der Waals surface area contributed by atoms with Crippen LogP contribution in [0.4, 0.5) is 5.69 Å². The lowest BCUT2D eigenvalue weighted by Gasteiger charge is -2.35. The molecule has 7 heteroatoms. The Hall–Kier alpha value is -2.67. The number of benzene rings is 1. The largest absolute Gasteiger partial charge is 0.336 e. The van der Waals surface area contributed by atoms with Gasteiger partial charge >= 0.3 is 0 Å². The predicted molar refractivity (Wildman–Crippen MR) is 114 cm³/mol. The van der Waals surface area contributed by atoms with Gasteiger partial charge in [-0.1, -0.05) is 18.2 Å². The molecule has 1 aromatic carbocycles. The van der Waals surface area contributed by atoms with Crippen molar-refractivity contribution in [1.29, 1.82) is 0 Å². The fourth-order valence-corrected chi connectivity index (χ4v) is 5.59. The number of rotatable bonds is 3. The molecule has 7 nitrogen and oxygen atoms in total. The number of nitrogens with one attached hydrogen (secondary N) is 1. The number of aromatic nitrogens is 2. The lowest BCUT2D eigenvalue weighted by Crippen LogP contribution is -2.44. The maximum absolute atomic E-state index is 13.5. The highest BCUT2D eigenvalue weighted by molar-refractivity contribution is 6.07. The van der Waals surface area contributed by atoms with Crippen LogP contribution in [0.1, 0.15) is 43.1 Å². The summed E-state index contributed by atoms with van der Waals surface area (Å²) in [5.41, 5.74) is 1.06. The molecule has 0 unspecified atom stereocenters. The highest BCUT2D eigenvalue weighted by Gasteiger charge is 2.60. The molecule has 1 aromatic heterocycles. The van der Waals surface area contributed by atoms with Gasteiger partial charge in [0.1, 0.15) is 17.3 Å². The van der Waals surface area contributed by atoms with E-state index < -0.39 is 5.41 Å². The van der Waals surface area contributed by atoms with E-state index in [0.29, 0.717) is 25.3 Å². The number of nitrogens with zero attached hydrogens (tertiary/aromatic N) is 4. The van der Waals surface area contributed by atoms with E-state index in [0.717, 1.165) is 43.0 Å². The van der Waals surface area contributed by atoms with Gasteiger partial charge in [-0.2, -0.15) is 0 Å². The molecule has 0 saturated carbocycles. The second-order valence-corrected chi connectivity index (χ2v) is 9.06. The maximum Gasteiger partial charge on any atom is 0.237 e. The van der Waals surface area contributed by atoms with E-state index in [1.807, 2.05) is 47.0 Å². The second-order valence-electron chi connectivity index (χ2n) is 9.06. The Morgan fingerprint density at radius 1 is 1.20 bits per heavy atom. The molecule has 0 aliphatic carbocycles. The Labute approximate surface area is 177 Å². The normalized spacial score (nSPS) is 26.9. The molecule has 2 saturated heterocycles. The van der Waals surface area contributed by atoms with Gasteiger partial charge in [-0.05, 0) is 56.9 Å². The SMILES string of the molecule is CN1CCC(CC(=O)N2CC[C@]3(C(=O)Nc4ccccc43)[C@@H]2c2nccn2C)CC1. The molecule has 0 radical (unpaired) electrons. The van der Waals surface area contributed by atoms with E-state index in [1.54, 1.807) is 6.20 Å². The van der Waals surface area contributed by atoms with Crippen LogP contribution in [0.25, 0.3) is 0 Å². The highest BCUT2D eigenvalue weighted by atomic mass is 16.2. The monoisotopic (exact) mass is 407 g/mol. The van der Waals surface area contributed by atoms with Gasteiger partial charge in [0.05, 0.1) is 0 Å². The first kappa shape index (κ1) is 19.3. The minimum Gasteiger partial charge on any atom is -0.336 e. The van der Waals surface area contributed by atoms with Crippen LogP contribution in [0, 0.1) is 5.92 Å². The number of likely N-dealkylation sites (tertiary alicyclic amines) is 2. The molecule has 5 rings (SSSR count). The van der Waals surface area contributed by atoms with Gasteiger partial charge < -0.3 is 19.7 Å². The van der Waals surface area contributed by atoms with Crippen molar-refractivity contribution in [3.8, 4) is 0 Å². The molecule has 0 bridgehead atoms. The van der Waals surface area contributed by atoms with Crippen molar-refractivity contribution in [2.24, 2.45) is 13.0 Å². The van der Waals surface area contributed by atoms with Crippen LogP contribution in [0.3, 0.4) is 0 Å². The Bertz CT molecular complexity index is 977. The van der Waals surface area contributed by atoms with E-state index in [-0.39, 0.29) is 17.9 Å². The van der Waals surface area contributed by atoms with E-state index in [2.05, 4.69) is 22.2 Å². The number of carbonyl (C=O) groups excluding carboxylic acids is 2. The molecular weight excluding hydrogens is 378 g/mol. The molecule has 30 heavy (non-hydrogen) atoms. The number of amides is 2. The number of fused-ring (bicyclic) bond motifs is 2. The number of carbonyl (C=O) groups is 2. The van der Waals surface area contributed by atoms with Crippen LogP contribution in [-0.2, 0) is 22.1 Å².